The summed E-state index contributed by atoms with van der Waals surface area (Å²) >= 11 is 0. The molecule has 9 atom stereocenters. The molecule has 0 aliphatic heterocycles. The first-order chi connectivity index (χ1) is 15.3. The SMILES string of the molecule is CC1=C2[C@H]3CC[C@@H]4[C@@]5(C)CC[C@H](O)C(C)(C)[C@@H]5CC[C@@]4(C)[C@]3(C)CC[C@@]2(C(=O)O)CC[C@H]1C. The minimum absolute atomic E-state index is 0.0188. The van der Waals surface area contributed by atoms with Crippen molar-refractivity contribution in [3.05, 3.63) is 11.1 Å². The fourth-order valence-electron chi connectivity index (χ4n) is 11.0. The Hall–Kier alpha value is -0.830. The van der Waals surface area contributed by atoms with Gasteiger partial charge in [-0.1, -0.05) is 52.7 Å². The van der Waals surface area contributed by atoms with E-state index in [1.165, 1.54) is 30.4 Å². The van der Waals surface area contributed by atoms with Crippen LogP contribution in [0.2, 0.25) is 0 Å². The largest absolute Gasteiger partial charge is 0.481 e. The second-order valence-electron chi connectivity index (χ2n) is 14.4. The molecule has 0 aromatic heterocycles. The Bertz CT molecular complexity index is 887. The summed E-state index contributed by atoms with van der Waals surface area (Å²) < 4.78 is 0. The van der Waals surface area contributed by atoms with E-state index in [2.05, 4.69) is 48.5 Å². The van der Waals surface area contributed by atoms with Crippen molar-refractivity contribution in [1.82, 2.24) is 0 Å². The molecular formula is C30H48O3. The van der Waals surface area contributed by atoms with Crippen LogP contribution in [0.15, 0.2) is 11.1 Å². The highest BCUT2D eigenvalue weighted by Gasteiger charge is 2.69. The first-order valence-electron chi connectivity index (χ1n) is 13.9. The van der Waals surface area contributed by atoms with Crippen LogP contribution in [0.5, 0.6) is 0 Å². The summed E-state index contributed by atoms with van der Waals surface area (Å²) in [6.07, 6.45) is 10.4. The molecule has 0 amide bonds. The topological polar surface area (TPSA) is 57.5 Å². The standard InChI is InChI=1S/C30H48O3/c1-18-10-15-30(25(32)33)17-16-28(6)20(24(30)19(18)2)8-9-22-27(5)13-12-23(31)26(3,4)21(27)11-14-29(22,28)7/h18,20-23,31H,8-17H2,1-7H3,(H,32,33)/t18-,20-,21+,22-,23+,27+,28-,29-,30+/m1/s1. The van der Waals surface area contributed by atoms with Gasteiger partial charge in [-0.05, 0) is 116 Å². The van der Waals surface area contributed by atoms with Crippen LogP contribution >= 0.6 is 0 Å². The van der Waals surface area contributed by atoms with Crippen molar-refractivity contribution in [3.8, 4) is 0 Å². The molecule has 3 nitrogen and oxygen atoms in total. The molecule has 0 spiro atoms. The highest BCUT2D eigenvalue weighted by Crippen LogP contribution is 2.76. The van der Waals surface area contributed by atoms with Crippen molar-refractivity contribution in [1.29, 1.82) is 0 Å². The molecule has 5 aliphatic rings. The van der Waals surface area contributed by atoms with Crippen LogP contribution in [-0.2, 0) is 4.79 Å². The second-order valence-corrected chi connectivity index (χ2v) is 14.4. The molecule has 4 fully saturated rings. The minimum Gasteiger partial charge on any atom is -0.481 e. The van der Waals surface area contributed by atoms with E-state index < -0.39 is 11.4 Å². The van der Waals surface area contributed by atoms with E-state index in [0.29, 0.717) is 23.7 Å². The van der Waals surface area contributed by atoms with Crippen molar-refractivity contribution in [2.24, 2.45) is 50.7 Å². The van der Waals surface area contributed by atoms with Crippen LogP contribution in [0.3, 0.4) is 0 Å². The number of rotatable bonds is 1. The van der Waals surface area contributed by atoms with Crippen LogP contribution < -0.4 is 0 Å². The summed E-state index contributed by atoms with van der Waals surface area (Å²) in [7, 11) is 0. The Kier molecular flexibility index (Phi) is 5.15. The van der Waals surface area contributed by atoms with E-state index in [4.69, 9.17) is 0 Å². The minimum atomic E-state index is -0.609. The number of carboxylic acid groups (broad SMARTS) is 1. The number of hydrogen-bond donors (Lipinski definition) is 2. The summed E-state index contributed by atoms with van der Waals surface area (Å²) in [5, 5.41) is 21.4. The van der Waals surface area contributed by atoms with Crippen LogP contribution in [0.1, 0.15) is 113 Å². The third-order valence-electron chi connectivity index (χ3n) is 13.4. The van der Waals surface area contributed by atoms with Gasteiger partial charge < -0.3 is 10.2 Å². The first kappa shape index (κ1) is 23.9. The van der Waals surface area contributed by atoms with Crippen molar-refractivity contribution < 1.29 is 15.0 Å². The molecule has 0 aromatic rings. The van der Waals surface area contributed by atoms with E-state index in [-0.39, 0.29) is 27.8 Å². The monoisotopic (exact) mass is 456 g/mol. The highest BCUT2D eigenvalue weighted by atomic mass is 16.4. The zero-order valence-corrected chi connectivity index (χ0v) is 22.3. The van der Waals surface area contributed by atoms with Crippen LogP contribution in [-0.4, -0.2) is 22.3 Å². The molecule has 0 saturated heterocycles. The van der Waals surface area contributed by atoms with Crippen molar-refractivity contribution in [2.75, 3.05) is 0 Å². The molecule has 5 rings (SSSR count). The number of carbonyl (C=O) groups is 1. The van der Waals surface area contributed by atoms with Crippen LogP contribution in [0.4, 0.5) is 0 Å². The van der Waals surface area contributed by atoms with Gasteiger partial charge in [0, 0.05) is 0 Å². The van der Waals surface area contributed by atoms with E-state index in [1.807, 2.05) is 0 Å². The van der Waals surface area contributed by atoms with Gasteiger partial charge in [-0.2, -0.15) is 0 Å². The Morgan fingerprint density at radius 2 is 1.52 bits per heavy atom. The number of fused-ring (bicyclic) bond motifs is 7. The predicted molar refractivity (Wildman–Crippen MR) is 133 cm³/mol. The third-order valence-corrected chi connectivity index (χ3v) is 13.4. The smallest absolute Gasteiger partial charge is 0.313 e. The normalized spacial score (nSPS) is 53.4. The van der Waals surface area contributed by atoms with Gasteiger partial charge in [0.05, 0.1) is 11.5 Å². The lowest BCUT2D eigenvalue weighted by Crippen LogP contribution is -2.66. The van der Waals surface area contributed by atoms with E-state index in [0.717, 1.165) is 44.9 Å². The molecule has 0 aromatic carbocycles. The van der Waals surface area contributed by atoms with Gasteiger partial charge in [-0.25, -0.2) is 0 Å². The fourth-order valence-corrected chi connectivity index (χ4v) is 11.0. The van der Waals surface area contributed by atoms with Crippen LogP contribution in [0, 0.1) is 50.7 Å². The summed E-state index contributed by atoms with van der Waals surface area (Å²) in [5.74, 6) is 1.60. The number of hydrogen-bond acceptors (Lipinski definition) is 2. The molecule has 2 N–H and O–H groups in total. The average Bonchev–Trinajstić information content (AvgIpc) is 2.74. The molecule has 0 bridgehead atoms. The molecule has 186 valence electrons. The molecule has 33 heavy (non-hydrogen) atoms. The van der Waals surface area contributed by atoms with Gasteiger partial charge in [0.25, 0.3) is 0 Å². The summed E-state index contributed by atoms with van der Waals surface area (Å²) in [5.41, 5.74) is 2.80. The molecule has 0 radical (unpaired) electrons. The lowest BCUT2D eigenvalue weighted by molar-refractivity contribution is -0.229. The Morgan fingerprint density at radius 1 is 0.818 bits per heavy atom. The lowest BCUT2D eigenvalue weighted by Gasteiger charge is -2.72. The lowest BCUT2D eigenvalue weighted by atomic mass is 9.32. The number of aliphatic hydroxyl groups excluding tert-OH is 1. The average molecular weight is 457 g/mol. The summed E-state index contributed by atoms with van der Waals surface area (Å²) in [6, 6.07) is 0. The Balaban J connectivity index is 1.60. The van der Waals surface area contributed by atoms with E-state index in [1.54, 1.807) is 0 Å². The van der Waals surface area contributed by atoms with Crippen molar-refractivity contribution >= 4 is 5.97 Å². The number of aliphatic hydroxyl groups is 1. The maximum absolute atomic E-state index is 12.8. The van der Waals surface area contributed by atoms with E-state index in [9.17, 15) is 15.0 Å². The molecular weight excluding hydrogens is 408 g/mol. The van der Waals surface area contributed by atoms with Gasteiger partial charge in [0.1, 0.15) is 0 Å². The van der Waals surface area contributed by atoms with Gasteiger partial charge in [-0.3, -0.25) is 4.79 Å². The highest BCUT2D eigenvalue weighted by molar-refractivity contribution is 5.80. The molecule has 0 unspecified atom stereocenters. The van der Waals surface area contributed by atoms with Crippen LogP contribution in [0.25, 0.3) is 0 Å². The Labute approximate surface area is 201 Å². The van der Waals surface area contributed by atoms with E-state index >= 15 is 0 Å². The second kappa shape index (κ2) is 7.11. The fraction of sp³-hybridized carbons (Fsp3) is 0.900. The Morgan fingerprint density at radius 3 is 2.18 bits per heavy atom. The number of carboxylic acids is 1. The molecule has 3 heteroatoms. The third kappa shape index (κ3) is 2.75. The first-order valence-corrected chi connectivity index (χ1v) is 13.9. The molecule has 5 aliphatic carbocycles. The van der Waals surface area contributed by atoms with Crippen molar-refractivity contribution in [2.45, 2.75) is 119 Å². The van der Waals surface area contributed by atoms with Gasteiger partial charge in [0.15, 0.2) is 0 Å². The van der Waals surface area contributed by atoms with Gasteiger partial charge in [-0.15, -0.1) is 0 Å². The molecule has 0 heterocycles. The van der Waals surface area contributed by atoms with Gasteiger partial charge >= 0.3 is 5.97 Å². The number of allylic oxidation sites excluding steroid dienone is 1. The summed E-state index contributed by atoms with van der Waals surface area (Å²) in [4.78, 5) is 12.8. The van der Waals surface area contributed by atoms with Crippen molar-refractivity contribution in [3.63, 3.8) is 0 Å². The quantitative estimate of drug-likeness (QED) is 0.409. The zero-order valence-electron chi connectivity index (χ0n) is 22.3. The number of aliphatic carboxylic acids is 1. The zero-order chi connectivity index (χ0) is 24.2. The maximum Gasteiger partial charge on any atom is 0.313 e. The predicted octanol–water partition coefficient (Wildman–Crippen LogP) is 7.23. The maximum atomic E-state index is 12.8. The molecule has 4 saturated carbocycles. The summed E-state index contributed by atoms with van der Waals surface area (Å²) in [6.45, 7) is 16.9. The van der Waals surface area contributed by atoms with Gasteiger partial charge in [0.2, 0.25) is 0 Å².